The molecule has 29 heavy (non-hydrogen) atoms. The van der Waals surface area contributed by atoms with E-state index in [1.54, 1.807) is 19.2 Å². The van der Waals surface area contributed by atoms with Gasteiger partial charge in [0.15, 0.2) is 0 Å². The molecule has 1 unspecified atom stereocenters. The molecule has 0 saturated heterocycles. The molecule has 160 valence electrons. The van der Waals surface area contributed by atoms with Crippen molar-refractivity contribution in [2.75, 3.05) is 13.6 Å². The van der Waals surface area contributed by atoms with Crippen molar-refractivity contribution in [1.82, 2.24) is 15.5 Å². The van der Waals surface area contributed by atoms with E-state index in [0.717, 1.165) is 5.56 Å². The first-order chi connectivity index (χ1) is 13.5. The number of carbonyl (C=O) groups excluding carboxylic acids is 3. The zero-order valence-electron chi connectivity index (χ0n) is 16.3. The highest BCUT2D eigenvalue weighted by Gasteiger charge is 2.33. The standard InChI is InChI=1S/C19H25F3N4O3/c1-11(24-17(28)14(23)7-9-19(20,21)22)16(27)25-15-13-6-4-3-5-12(13)8-10-26(2)18(15)29/h3-6,11,14-15H,7-10,23H2,1-2H3,(H,24,28)(H,25,27)/t11-,14?,15-/m0/s1. The van der Waals surface area contributed by atoms with E-state index in [0.29, 0.717) is 18.5 Å². The number of halogens is 3. The lowest BCUT2D eigenvalue weighted by molar-refractivity contribution is -0.139. The van der Waals surface area contributed by atoms with Crippen LogP contribution in [0.15, 0.2) is 24.3 Å². The minimum atomic E-state index is -4.42. The largest absolute Gasteiger partial charge is 0.389 e. The predicted molar refractivity (Wildman–Crippen MR) is 99.5 cm³/mol. The van der Waals surface area contributed by atoms with E-state index in [4.69, 9.17) is 5.73 Å². The lowest BCUT2D eigenvalue weighted by Gasteiger charge is -2.24. The lowest BCUT2D eigenvalue weighted by Crippen LogP contribution is -2.52. The first-order valence-electron chi connectivity index (χ1n) is 9.25. The van der Waals surface area contributed by atoms with Gasteiger partial charge in [-0.05, 0) is 30.9 Å². The summed E-state index contributed by atoms with van der Waals surface area (Å²) >= 11 is 0. The SMILES string of the molecule is C[C@H](NC(=O)C(N)CCC(F)(F)F)C(=O)N[C@@H]1C(=O)N(C)CCc2ccccc21. The first kappa shape index (κ1) is 22.7. The molecule has 3 amide bonds. The van der Waals surface area contributed by atoms with Crippen LogP contribution in [0.2, 0.25) is 0 Å². The van der Waals surface area contributed by atoms with Crippen molar-refractivity contribution < 1.29 is 27.6 Å². The van der Waals surface area contributed by atoms with Crippen LogP contribution in [-0.2, 0) is 20.8 Å². The molecule has 1 aliphatic heterocycles. The van der Waals surface area contributed by atoms with Crippen LogP contribution in [0, 0.1) is 0 Å². The number of nitrogens with one attached hydrogen (secondary N) is 2. The quantitative estimate of drug-likeness (QED) is 0.647. The number of nitrogens with two attached hydrogens (primary N) is 1. The Bertz CT molecular complexity index is 769. The van der Waals surface area contributed by atoms with Gasteiger partial charge in [-0.1, -0.05) is 24.3 Å². The molecule has 7 nitrogen and oxygen atoms in total. The minimum Gasteiger partial charge on any atom is -0.343 e. The summed E-state index contributed by atoms with van der Waals surface area (Å²) in [4.78, 5) is 38.7. The molecule has 0 spiro atoms. The fraction of sp³-hybridized carbons (Fsp3) is 0.526. The molecule has 0 bridgehead atoms. The van der Waals surface area contributed by atoms with Crippen molar-refractivity contribution in [2.45, 2.75) is 50.5 Å². The van der Waals surface area contributed by atoms with Crippen molar-refractivity contribution in [3.8, 4) is 0 Å². The Morgan fingerprint density at radius 3 is 2.59 bits per heavy atom. The smallest absolute Gasteiger partial charge is 0.343 e. The molecule has 2 rings (SSSR count). The summed E-state index contributed by atoms with van der Waals surface area (Å²) in [5.41, 5.74) is 7.09. The number of alkyl halides is 3. The second-order valence-corrected chi connectivity index (χ2v) is 7.14. The molecule has 3 atom stereocenters. The number of nitrogens with zero attached hydrogens (tertiary/aromatic N) is 1. The Kier molecular flexibility index (Phi) is 7.23. The summed E-state index contributed by atoms with van der Waals surface area (Å²) < 4.78 is 36.8. The summed E-state index contributed by atoms with van der Waals surface area (Å²) in [7, 11) is 1.64. The zero-order chi connectivity index (χ0) is 21.8. The molecular weight excluding hydrogens is 389 g/mol. The number of benzene rings is 1. The van der Waals surface area contributed by atoms with Crippen LogP contribution in [0.1, 0.15) is 36.9 Å². The maximum absolute atomic E-state index is 12.7. The van der Waals surface area contributed by atoms with E-state index in [2.05, 4.69) is 10.6 Å². The predicted octanol–water partition coefficient (Wildman–Crippen LogP) is 1.03. The Labute approximate surface area is 166 Å². The second kappa shape index (κ2) is 9.25. The Morgan fingerprint density at radius 1 is 1.28 bits per heavy atom. The summed E-state index contributed by atoms with van der Waals surface area (Å²) in [6, 6.07) is 3.87. The molecule has 0 aliphatic carbocycles. The Balaban J connectivity index is 2.02. The summed E-state index contributed by atoms with van der Waals surface area (Å²) in [6.45, 7) is 1.88. The number of carbonyl (C=O) groups is 3. The molecule has 1 aromatic rings. The monoisotopic (exact) mass is 414 g/mol. The molecule has 0 fully saturated rings. The minimum absolute atomic E-state index is 0.288. The van der Waals surface area contributed by atoms with Crippen LogP contribution in [0.4, 0.5) is 13.2 Å². The van der Waals surface area contributed by atoms with E-state index >= 15 is 0 Å². The highest BCUT2D eigenvalue weighted by Crippen LogP contribution is 2.24. The highest BCUT2D eigenvalue weighted by atomic mass is 19.4. The molecule has 1 aromatic carbocycles. The van der Waals surface area contributed by atoms with Crippen LogP contribution >= 0.6 is 0 Å². The Morgan fingerprint density at radius 2 is 1.93 bits per heavy atom. The third kappa shape index (κ3) is 6.18. The number of fused-ring (bicyclic) bond motifs is 1. The first-order valence-corrected chi connectivity index (χ1v) is 9.25. The molecule has 1 aliphatic rings. The van der Waals surface area contributed by atoms with Gasteiger partial charge in [0.05, 0.1) is 6.04 Å². The van der Waals surface area contributed by atoms with Crippen molar-refractivity contribution >= 4 is 17.7 Å². The van der Waals surface area contributed by atoms with Crippen molar-refractivity contribution in [3.63, 3.8) is 0 Å². The molecule has 0 saturated carbocycles. The molecule has 10 heteroatoms. The van der Waals surface area contributed by atoms with Crippen LogP contribution in [0.3, 0.4) is 0 Å². The van der Waals surface area contributed by atoms with Gasteiger partial charge in [0.2, 0.25) is 17.7 Å². The van der Waals surface area contributed by atoms with Gasteiger partial charge in [0, 0.05) is 20.0 Å². The van der Waals surface area contributed by atoms with E-state index in [-0.39, 0.29) is 5.91 Å². The van der Waals surface area contributed by atoms with Gasteiger partial charge in [0.25, 0.3) is 0 Å². The average Bonchev–Trinajstić information content (AvgIpc) is 2.77. The van der Waals surface area contributed by atoms with Gasteiger partial charge in [0.1, 0.15) is 12.1 Å². The van der Waals surface area contributed by atoms with Gasteiger partial charge in [-0.3, -0.25) is 14.4 Å². The number of rotatable bonds is 6. The summed E-state index contributed by atoms with van der Waals surface area (Å²) in [5.74, 6) is -1.78. The normalized spacial score (nSPS) is 19.0. The van der Waals surface area contributed by atoms with Crippen LogP contribution in [0.25, 0.3) is 0 Å². The fourth-order valence-electron chi connectivity index (χ4n) is 3.04. The summed E-state index contributed by atoms with van der Waals surface area (Å²) in [5, 5.41) is 4.93. The Hall–Kier alpha value is -2.62. The number of hydrogen-bond acceptors (Lipinski definition) is 4. The molecule has 4 N–H and O–H groups in total. The van der Waals surface area contributed by atoms with E-state index < -0.39 is 49.0 Å². The third-order valence-electron chi connectivity index (χ3n) is 4.82. The zero-order valence-corrected chi connectivity index (χ0v) is 16.3. The maximum atomic E-state index is 12.7. The lowest BCUT2D eigenvalue weighted by atomic mass is 9.99. The molecule has 0 radical (unpaired) electrons. The van der Waals surface area contributed by atoms with Crippen LogP contribution in [0.5, 0.6) is 0 Å². The summed E-state index contributed by atoms with van der Waals surface area (Å²) in [6.07, 6.45) is -5.55. The van der Waals surface area contributed by atoms with Crippen molar-refractivity contribution in [1.29, 1.82) is 0 Å². The molecular formula is C19H25F3N4O3. The topological polar surface area (TPSA) is 105 Å². The number of amides is 3. The van der Waals surface area contributed by atoms with Gasteiger partial charge in [-0.15, -0.1) is 0 Å². The highest BCUT2D eigenvalue weighted by molar-refractivity contribution is 5.93. The fourth-order valence-corrected chi connectivity index (χ4v) is 3.04. The van der Waals surface area contributed by atoms with Crippen LogP contribution < -0.4 is 16.4 Å². The molecule has 0 aromatic heterocycles. The van der Waals surface area contributed by atoms with Gasteiger partial charge in [-0.25, -0.2) is 0 Å². The van der Waals surface area contributed by atoms with E-state index in [1.165, 1.54) is 11.8 Å². The van der Waals surface area contributed by atoms with Crippen LogP contribution in [-0.4, -0.2) is 54.5 Å². The average molecular weight is 414 g/mol. The molecule has 1 heterocycles. The number of hydrogen-bond donors (Lipinski definition) is 3. The van der Waals surface area contributed by atoms with Crippen molar-refractivity contribution in [3.05, 3.63) is 35.4 Å². The van der Waals surface area contributed by atoms with E-state index in [1.807, 2.05) is 12.1 Å². The van der Waals surface area contributed by atoms with Gasteiger partial charge in [-0.2, -0.15) is 13.2 Å². The second-order valence-electron chi connectivity index (χ2n) is 7.14. The van der Waals surface area contributed by atoms with Gasteiger partial charge >= 0.3 is 6.18 Å². The maximum Gasteiger partial charge on any atom is 0.389 e. The van der Waals surface area contributed by atoms with Gasteiger partial charge < -0.3 is 21.3 Å². The number of likely N-dealkylation sites (N-methyl/N-ethyl adjacent to an activating group) is 1. The van der Waals surface area contributed by atoms with E-state index in [9.17, 15) is 27.6 Å². The van der Waals surface area contributed by atoms with Crippen molar-refractivity contribution in [2.24, 2.45) is 5.73 Å². The third-order valence-corrected chi connectivity index (χ3v) is 4.82.